The van der Waals surface area contributed by atoms with Crippen molar-refractivity contribution in [3.63, 3.8) is 0 Å². The summed E-state index contributed by atoms with van der Waals surface area (Å²) in [5.74, 6) is -0.404. The van der Waals surface area contributed by atoms with Crippen molar-refractivity contribution in [3.05, 3.63) is 40.3 Å². The van der Waals surface area contributed by atoms with Gasteiger partial charge in [0.2, 0.25) is 0 Å². The van der Waals surface area contributed by atoms with Gasteiger partial charge in [0.1, 0.15) is 0 Å². The lowest BCUT2D eigenvalue weighted by atomic mass is 10.2. The van der Waals surface area contributed by atoms with E-state index in [0.29, 0.717) is 12.1 Å². The van der Waals surface area contributed by atoms with Gasteiger partial charge in [-0.1, -0.05) is 18.5 Å². The fourth-order valence-electron chi connectivity index (χ4n) is 2.00. The van der Waals surface area contributed by atoms with Crippen LogP contribution in [0.1, 0.15) is 23.1 Å². The summed E-state index contributed by atoms with van der Waals surface area (Å²) in [6, 6.07) is 5.64. The minimum Gasteiger partial charge on any atom is -0.364 e. The highest BCUT2D eigenvalue weighted by Crippen LogP contribution is 2.26. The first-order valence-corrected chi connectivity index (χ1v) is 7.80. The molecule has 6 nitrogen and oxygen atoms in total. The van der Waals surface area contributed by atoms with Gasteiger partial charge in [0.25, 0.3) is 5.91 Å². The smallest absolute Gasteiger partial charge is 0.271 e. The van der Waals surface area contributed by atoms with Gasteiger partial charge in [0.05, 0.1) is 21.4 Å². The lowest BCUT2D eigenvalue weighted by Crippen LogP contribution is -2.18. The van der Waals surface area contributed by atoms with Gasteiger partial charge in [-0.2, -0.15) is 0 Å². The van der Waals surface area contributed by atoms with Crippen LogP contribution in [0.2, 0.25) is 5.15 Å². The second-order valence-corrected chi connectivity index (χ2v) is 5.78. The third kappa shape index (κ3) is 2.72. The molecule has 3 rings (SSSR count). The van der Waals surface area contributed by atoms with E-state index in [1.54, 1.807) is 5.51 Å². The van der Waals surface area contributed by atoms with Gasteiger partial charge in [-0.15, -0.1) is 11.3 Å². The average Bonchev–Trinajstić information content (AvgIpc) is 2.94. The molecule has 0 saturated carbocycles. The highest BCUT2D eigenvalue weighted by Gasteiger charge is 2.16. The molecular weight excluding hydrogens is 322 g/mol. The van der Waals surface area contributed by atoms with Crippen molar-refractivity contribution in [2.24, 2.45) is 5.73 Å². The second kappa shape index (κ2) is 5.86. The van der Waals surface area contributed by atoms with Crippen LogP contribution >= 0.6 is 22.9 Å². The van der Waals surface area contributed by atoms with Gasteiger partial charge in [0, 0.05) is 5.69 Å². The molecule has 8 heteroatoms. The van der Waals surface area contributed by atoms with E-state index in [-0.39, 0.29) is 16.7 Å². The van der Waals surface area contributed by atoms with E-state index in [1.807, 2.05) is 25.1 Å². The van der Waals surface area contributed by atoms with E-state index in [0.717, 1.165) is 15.9 Å². The summed E-state index contributed by atoms with van der Waals surface area (Å²) in [7, 11) is 0. The molecule has 0 aliphatic rings. The number of carbonyl (C=O) groups excluding carboxylic acids is 1. The zero-order valence-corrected chi connectivity index (χ0v) is 13.2. The lowest BCUT2D eigenvalue weighted by Gasteiger charge is -2.11. The Labute approximate surface area is 135 Å². The number of carbonyl (C=O) groups is 1. The Hall–Kier alpha value is -2.25. The SMILES string of the molecule is CCc1nc(C(N)=O)c(Nc2ccc3ncsc3c2)nc1Cl. The monoisotopic (exact) mass is 333 g/mol. The normalized spacial score (nSPS) is 10.8. The maximum absolute atomic E-state index is 11.6. The number of anilines is 2. The first-order chi connectivity index (χ1) is 10.6. The molecular formula is C14H12ClN5OS. The summed E-state index contributed by atoms with van der Waals surface area (Å²) >= 11 is 7.60. The number of nitrogens with one attached hydrogen (secondary N) is 1. The number of nitrogens with two attached hydrogens (primary N) is 1. The molecule has 0 radical (unpaired) electrons. The largest absolute Gasteiger partial charge is 0.364 e. The van der Waals surface area contributed by atoms with E-state index in [9.17, 15) is 4.79 Å². The Balaban J connectivity index is 2.03. The van der Waals surface area contributed by atoms with Gasteiger partial charge in [-0.25, -0.2) is 15.0 Å². The maximum Gasteiger partial charge on any atom is 0.271 e. The number of nitrogens with zero attached hydrogens (tertiary/aromatic N) is 3. The van der Waals surface area contributed by atoms with Crippen molar-refractivity contribution in [1.82, 2.24) is 15.0 Å². The Morgan fingerprint density at radius 3 is 2.95 bits per heavy atom. The van der Waals surface area contributed by atoms with E-state index >= 15 is 0 Å². The van der Waals surface area contributed by atoms with Gasteiger partial charge in [-0.3, -0.25) is 4.79 Å². The van der Waals surface area contributed by atoms with Crippen LogP contribution in [0.25, 0.3) is 10.2 Å². The second-order valence-electron chi connectivity index (χ2n) is 4.54. The molecule has 0 atom stereocenters. The number of rotatable bonds is 4. The highest BCUT2D eigenvalue weighted by atomic mass is 35.5. The summed E-state index contributed by atoms with van der Waals surface area (Å²) in [5, 5.41) is 3.31. The fraction of sp³-hybridized carbons (Fsp3) is 0.143. The molecule has 0 unspecified atom stereocenters. The zero-order valence-electron chi connectivity index (χ0n) is 11.6. The van der Waals surface area contributed by atoms with Gasteiger partial charge in [-0.05, 0) is 24.6 Å². The Kier molecular flexibility index (Phi) is 3.91. The van der Waals surface area contributed by atoms with Crippen LogP contribution in [-0.2, 0) is 6.42 Å². The molecule has 0 bridgehead atoms. The Morgan fingerprint density at radius 1 is 1.41 bits per heavy atom. The van der Waals surface area contributed by atoms with Crippen LogP contribution < -0.4 is 11.1 Å². The van der Waals surface area contributed by atoms with Crippen molar-refractivity contribution in [1.29, 1.82) is 0 Å². The number of hydrogen-bond donors (Lipinski definition) is 2. The minimum absolute atomic E-state index is 0.0747. The third-order valence-corrected chi connectivity index (χ3v) is 4.18. The third-order valence-electron chi connectivity index (χ3n) is 3.08. The van der Waals surface area contributed by atoms with Crippen LogP contribution in [-0.4, -0.2) is 20.9 Å². The van der Waals surface area contributed by atoms with E-state index < -0.39 is 5.91 Å². The molecule has 112 valence electrons. The summed E-state index contributed by atoms with van der Waals surface area (Å²) < 4.78 is 1.02. The topological polar surface area (TPSA) is 93.8 Å². The number of amides is 1. The number of primary amides is 1. The predicted octanol–water partition coefficient (Wildman–Crippen LogP) is 3.14. The molecule has 2 aromatic heterocycles. The van der Waals surface area contributed by atoms with Crippen molar-refractivity contribution in [2.45, 2.75) is 13.3 Å². The summed E-state index contributed by atoms with van der Waals surface area (Å²) in [6.07, 6.45) is 0.569. The summed E-state index contributed by atoms with van der Waals surface area (Å²) in [5.41, 5.74) is 9.44. The quantitative estimate of drug-likeness (QED) is 0.765. The van der Waals surface area contributed by atoms with Crippen LogP contribution in [0.5, 0.6) is 0 Å². The molecule has 1 amide bonds. The number of aryl methyl sites for hydroxylation is 1. The molecule has 0 saturated heterocycles. The van der Waals surface area contributed by atoms with Crippen molar-refractivity contribution < 1.29 is 4.79 Å². The molecule has 0 fully saturated rings. The highest BCUT2D eigenvalue weighted by molar-refractivity contribution is 7.16. The standard InChI is InChI=1S/C14H12ClN5OS/c1-2-8-12(15)20-14(11(19-8)13(16)21)18-7-3-4-9-10(5-7)22-6-17-9/h3-6H,2H2,1H3,(H2,16,21)(H,18,20). The minimum atomic E-state index is -0.653. The number of hydrogen-bond acceptors (Lipinski definition) is 6. The number of aromatic nitrogens is 3. The molecule has 2 heterocycles. The van der Waals surface area contributed by atoms with Gasteiger partial charge >= 0.3 is 0 Å². The summed E-state index contributed by atoms with van der Waals surface area (Å²) in [6.45, 7) is 1.88. The molecule has 22 heavy (non-hydrogen) atoms. The van der Waals surface area contributed by atoms with Crippen molar-refractivity contribution in [2.75, 3.05) is 5.32 Å². The number of thiazole rings is 1. The summed E-state index contributed by atoms with van der Waals surface area (Å²) in [4.78, 5) is 24.2. The van der Waals surface area contributed by atoms with Crippen LogP contribution in [0.15, 0.2) is 23.7 Å². The molecule has 1 aromatic carbocycles. The van der Waals surface area contributed by atoms with Crippen LogP contribution in [0.3, 0.4) is 0 Å². The Bertz CT molecular complexity index is 864. The van der Waals surface area contributed by atoms with Gasteiger partial charge in [0.15, 0.2) is 16.7 Å². The van der Waals surface area contributed by atoms with E-state index in [2.05, 4.69) is 20.3 Å². The maximum atomic E-state index is 11.6. The van der Waals surface area contributed by atoms with Crippen molar-refractivity contribution >= 4 is 50.6 Å². The van der Waals surface area contributed by atoms with E-state index in [4.69, 9.17) is 17.3 Å². The predicted molar refractivity (Wildman–Crippen MR) is 87.8 cm³/mol. The van der Waals surface area contributed by atoms with E-state index in [1.165, 1.54) is 11.3 Å². The first-order valence-electron chi connectivity index (χ1n) is 6.55. The Morgan fingerprint density at radius 2 is 2.23 bits per heavy atom. The van der Waals surface area contributed by atoms with Gasteiger partial charge < -0.3 is 11.1 Å². The first kappa shape index (κ1) is 14.7. The number of benzene rings is 1. The van der Waals surface area contributed by atoms with Crippen LogP contribution in [0, 0.1) is 0 Å². The lowest BCUT2D eigenvalue weighted by molar-refractivity contribution is 0.0996. The fourth-order valence-corrected chi connectivity index (χ4v) is 2.98. The van der Waals surface area contributed by atoms with Crippen LogP contribution in [0.4, 0.5) is 11.5 Å². The zero-order chi connectivity index (χ0) is 15.7. The molecule has 3 N–H and O–H groups in total. The molecule has 3 aromatic rings. The number of fused-ring (bicyclic) bond motifs is 1. The molecule has 0 aliphatic heterocycles. The molecule has 0 aliphatic carbocycles. The molecule has 0 spiro atoms. The average molecular weight is 334 g/mol. The van der Waals surface area contributed by atoms with Crippen molar-refractivity contribution in [3.8, 4) is 0 Å². The number of halogens is 1.